The number of carbonyl (C=O) groups is 1. The van der Waals surface area contributed by atoms with Crippen molar-refractivity contribution >= 4 is 33.3 Å². The van der Waals surface area contributed by atoms with Gasteiger partial charge in [-0.15, -0.1) is 0 Å². The van der Waals surface area contributed by atoms with E-state index in [1.807, 2.05) is 6.07 Å². The standard InChI is InChI=1S/C19H24BrN3O2/c1-23(13-14-7-4-3-5-8-14)10-6-9-22-18-11-15(19(24)25-2)17(21)12-16(18)20/h3-5,7-8,11-12,22H,6,9-10,13,21H2,1-2H3. The average molecular weight is 406 g/mol. The maximum absolute atomic E-state index is 11.7. The first-order valence-corrected chi connectivity index (χ1v) is 8.94. The van der Waals surface area contributed by atoms with Gasteiger partial charge in [0.25, 0.3) is 0 Å². The van der Waals surface area contributed by atoms with E-state index in [4.69, 9.17) is 10.5 Å². The third-order valence-corrected chi connectivity index (χ3v) is 4.53. The lowest BCUT2D eigenvalue weighted by Crippen LogP contribution is -2.21. The molecule has 2 rings (SSSR count). The number of nitrogens with two attached hydrogens (primary N) is 1. The fourth-order valence-corrected chi connectivity index (χ4v) is 3.06. The van der Waals surface area contributed by atoms with Crippen LogP contribution >= 0.6 is 15.9 Å². The number of ether oxygens (including phenoxy) is 1. The second kappa shape index (κ2) is 9.44. The van der Waals surface area contributed by atoms with Gasteiger partial charge in [0.2, 0.25) is 0 Å². The second-order valence-corrected chi connectivity index (χ2v) is 6.77. The summed E-state index contributed by atoms with van der Waals surface area (Å²) >= 11 is 3.47. The molecule has 0 spiro atoms. The van der Waals surface area contributed by atoms with Crippen molar-refractivity contribution in [1.29, 1.82) is 0 Å². The van der Waals surface area contributed by atoms with Gasteiger partial charge < -0.3 is 20.7 Å². The van der Waals surface area contributed by atoms with E-state index in [0.29, 0.717) is 11.3 Å². The SMILES string of the molecule is COC(=O)c1cc(NCCCN(C)Cc2ccccc2)c(Br)cc1N. The van der Waals surface area contributed by atoms with Gasteiger partial charge in [-0.1, -0.05) is 30.3 Å². The molecular weight excluding hydrogens is 382 g/mol. The van der Waals surface area contributed by atoms with Crippen LogP contribution in [0.3, 0.4) is 0 Å². The predicted octanol–water partition coefficient (Wildman–Crippen LogP) is 3.75. The minimum atomic E-state index is -0.435. The Morgan fingerprint density at radius 3 is 2.68 bits per heavy atom. The number of nitrogen functional groups attached to an aromatic ring is 1. The Morgan fingerprint density at radius 1 is 1.28 bits per heavy atom. The number of nitrogens with zero attached hydrogens (tertiary/aromatic N) is 1. The zero-order chi connectivity index (χ0) is 18.2. The number of rotatable bonds is 8. The Balaban J connectivity index is 1.84. The minimum absolute atomic E-state index is 0.370. The van der Waals surface area contributed by atoms with Crippen molar-refractivity contribution in [2.45, 2.75) is 13.0 Å². The van der Waals surface area contributed by atoms with E-state index >= 15 is 0 Å². The first-order valence-electron chi connectivity index (χ1n) is 8.15. The molecule has 25 heavy (non-hydrogen) atoms. The van der Waals surface area contributed by atoms with E-state index in [9.17, 15) is 4.79 Å². The van der Waals surface area contributed by atoms with Crippen LogP contribution in [0.5, 0.6) is 0 Å². The lowest BCUT2D eigenvalue weighted by molar-refractivity contribution is 0.0602. The molecule has 6 heteroatoms. The van der Waals surface area contributed by atoms with Gasteiger partial charge in [-0.25, -0.2) is 4.79 Å². The van der Waals surface area contributed by atoms with Crippen molar-refractivity contribution in [2.75, 3.05) is 38.3 Å². The molecular formula is C19H24BrN3O2. The summed E-state index contributed by atoms with van der Waals surface area (Å²) in [6.45, 7) is 2.69. The molecule has 0 unspecified atom stereocenters. The number of hydrogen-bond acceptors (Lipinski definition) is 5. The summed E-state index contributed by atoms with van der Waals surface area (Å²) in [5, 5.41) is 3.34. The first-order chi connectivity index (χ1) is 12.0. The van der Waals surface area contributed by atoms with Crippen molar-refractivity contribution in [3.63, 3.8) is 0 Å². The Morgan fingerprint density at radius 2 is 2.00 bits per heavy atom. The monoisotopic (exact) mass is 405 g/mol. The van der Waals surface area contributed by atoms with Crippen LogP contribution in [0.4, 0.5) is 11.4 Å². The summed E-state index contributed by atoms with van der Waals surface area (Å²) in [6, 6.07) is 13.9. The molecule has 0 saturated carbocycles. The van der Waals surface area contributed by atoms with Crippen LogP contribution in [0.25, 0.3) is 0 Å². The van der Waals surface area contributed by atoms with Crippen LogP contribution in [-0.2, 0) is 11.3 Å². The number of halogens is 1. The fraction of sp³-hybridized carbons (Fsp3) is 0.316. The molecule has 0 aliphatic carbocycles. The maximum atomic E-state index is 11.7. The third-order valence-electron chi connectivity index (χ3n) is 3.87. The van der Waals surface area contributed by atoms with Gasteiger partial charge in [-0.3, -0.25) is 0 Å². The molecule has 0 aromatic heterocycles. The number of anilines is 2. The third kappa shape index (κ3) is 5.76. The highest BCUT2D eigenvalue weighted by molar-refractivity contribution is 9.10. The zero-order valence-corrected chi connectivity index (χ0v) is 16.2. The molecule has 0 aliphatic heterocycles. The number of nitrogens with one attached hydrogen (secondary N) is 1. The number of benzene rings is 2. The van der Waals surface area contributed by atoms with Crippen molar-refractivity contribution in [3.8, 4) is 0 Å². The molecule has 0 aliphatic rings. The molecule has 2 aromatic carbocycles. The van der Waals surface area contributed by atoms with Gasteiger partial charge in [0.05, 0.1) is 12.7 Å². The highest BCUT2D eigenvalue weighted by Crippen LogP contribution is 2.28. The van der Waals surface area contributed by atoms with Crippen LogP contribution in [0.15, 0.2) is 46.9 Å². The molecule has 0 saturated heterocycles. The molecule has 134 valence electrons. The van der Waals surface area contributed by atoms with E-state index in [1.165, 1.54) is 12.7 Å². The predicted molar refractivity (Wildman–Crippen MR) is 106 cm³/mol. The summed E-state index contributed by atoms with van der Waals surface area (Å²) in [4.78, 5) is 14.0. The maximum Gasteiger partial charge on any atom is 0.340 e. The molecule has 3 N–H and O–H groups in total. The summed E-state index contributed by atoms with van der Waals surface area (Å²) in [6.07, 6.45) is 0.980. The molecule has 0 radical (unpaired) electrons. The molecule has 0 heterocycles. The van der Waals surface area contributed by atoms with Crippen LogP contribution in [0.2, 0.25) is 0 Å². The van der Waals surface area contributed by atoms with E-state index in [0.717, 1.165) is 36.2 Å². The summed E-state index contributed by atoms with van der Waals surface area (Å²) in [7, 11) is 3.46. The van der Waals surface area contributed by atoms with E-state index in [1.54, 1.807) is 12.1 Å². The molecule has 0 bridgehead atoms. The minimum Gasteiger partial charge on any atom is -0.465 e. The van der Waals surface area contributed by atoms with Crippen molar-refractivity contribution in [3.05, 3.63) is 58.1 Å². The number of esters is 1. The van der Waals surface area contributed by atoms with Crippen LogP contribution in [0, 0.1) is 0 Å². The lowest BCUT2D eigenvalue weighted by Gasteiger charge is -2.17. The molecule has 5 nitrogen and oxygen atoms in total. The zero-order valence-electron chi connectivity index (χ0n) is 14.6. The van der Waals surface area contributed by atoms with Crippen molar-refractivity contribution in [1.82, 2.24) is 4.90 Å². The average Bonchev–Trinajstić information content (AvgIpc) is 2.60. The largest absolute Gasteiger partial charge is 0.465 e. The molecule has 0 fully saturated rings. The number of hydrogen-bond donors (Lipinski definition) is 2. The van der Waals surface area contributed by atoms with Crippen LogP contribution in [0.1, 0.15) is 22.3 Å². The van der Waals surface area contributed by atoms with Crippen LogP contribution < -0.4 is 11.1 Å². The molecule has 0 amide bonds. The fourth-order valence-electron chi connectivity index (χ4n) is 2.56. The second-order valence-electron chi connectivity index (χ2n) is 5.91. The summed E-state index contributed by atoms with van der Waals surface area (Å²) in [5.41, 5.74) is 8.78. The normalized spacial score (nSPS) is 10.7. The van der Waals surface area contributed by atoms with E-state index in [-0.39, 0.29) is 0 Å². The van der Waals surface area contributed by atoms with E-state index < -0.39 is 5.97 Å². The number of carbonyl (C=O) groups excluding carboxylic acids is 1. The van der Waals surface area contributed by atoms with Gasteiger partial charge in [-0.2, -0.15) is 0 Å². The highest BCUT2D eigenvalue weighted by atomic mass is 79.9. The summed E-state index contributed by atoms with van der Waals surface area (Å²) in [5.74, 6) is -0.435. The Labute approximate surface area is 157 Å². The van der Waals surface area contributed by atoms with Gasteiger partial charge in [0.15, 0.2) is 0 Å². The number of methoxy groups -OCH3 is 1. The molecule has 2 aromatic rings. The Kier molecular flexibility index (Phi) is 7.28. The lowest BCUT2D eigenvalue weighted by atomic mass is 10.1. The van der Waals surface area contributed by atoms with Gasteiger partial charge in [0.1, 0.15) is 0 Å². The van der Waals surface area contributed by atoms with Crippen LogP contribution in [-0.4, -0.2) is 38.1 Å². The van der Waals surface area contributed by atoms with E-state index in [2.05, 4.69) is 57.5 Å². The smallest absolute Gasteiger partial charge is 0.340 e. The van der Waals surface area contributed by atoms with Crippen molar-refractivity contribution in [2.24, 2.45) is 0 Å². The van der Waals surface area contributed by atoms with Gasteiger partial charge >= 0.3 is 5.97 Å². The quantitative estimate of drug-likeness (QED) is 0.397. The Bertz CT molecular complexity index is 707. The first kappa shape index (κ1) is 19.3. The Hall–Kier alpha value is -2.05. The highest BCUT2D eigenvalue weighted by Gasteiger charge is 2.13. The topological polar surface area (TPSA) is 67.6 Å². The van der Waals surface area contributed by atoms with Crippen molar-refractivity contribution < 1.29 is 9.53 Å². The summed E-state index contributed by atoms with van der Waals surface area (Å²) < 4.78 is 5.59. The molecule has 0 atom stereocenters. The van der Waals surface area contributed by atoms with Gasteiger partial charge in [0, 0.05) is 28.9 Å². The van der Waals surface area contributed by atoms with Gasteiger partial charge in [-0.05, 0) is 53.6 Å².